The predicted octanol–water partition coefficient (Wildman–Crippen LogP) is 3.66. The van der Waals surface area contributed by atoms with Crippen molar-refractivity contribution in [2.24, 2.45) is 0 Å². The number of rotatable bonds is 5. The van der Waals surface area contributed by atoms with Crippen LogP contribution in [0.2, 0.25) is 0 Å². The molecule has 29 heavy (non-hydrogen) atoms. The molecule has 2 aromatic heterocycles. The molecular weight excluding hydrogens is 362 g/mol. The van der Waals surface area contributed by atoms with E-state index in [1.54, 1.807) is 6.20 Å². The second-order valence-corrected chi connectivity index (χ2v) is 8.81. The summed E-state index contributed by atoms with van der Waals surface area (Å²) in [5.41, 5.74) is 3.65. The van der Waals surface area contributed by atoms with E-state index in [2.05, 4.69) is 46.2 Å². The third-order valence-corrected chi connectivity index (χ3v) is 5.82. The molecule has 0 saturated carbocycles. The number of aromatic amines is 1. The third kappa shape index (κ3) is 4.38. The van der Waals surface area contributed by atoms with Gasteiger partial charge < -0.3 is 5.32 Å². The predicted molar refractivity (Wildman–Crippen MR) is 116 cm³/mol. The maximum absolute atomic E-state index is 12.9. The van der Waals surface area contributed by atoms with Gasteiger partial charge in [-0.05, 0) is 57.4 Å². The molecule has 152 valence electrons. The summed E-state index contributed by atoms with van der Waals surface area (Å²) in [6, 6.07) is 10.3. The zero-order valence-electron chi connectivity index (χ0n) is 17.4. The molecule has 0 bridgehead atoms. The highest BCUT2D eigenvalue weighted by Gasteiger charge is 2.27. The highest BCUT2D eigenvalue weighted by Crippen LogP contribution is 2.25. The lowest BCUT2D eigenvalue weighted by molar-refractivity contribution is 0.0898. The molecular formula is C23H29N5O. The van der Waals surface area contributed by atoms with Crippen molar-refractivity contribution in [3.63, 3.8) is 0 Å². The lowest BCUT2D eigenvalue weighted by atomic mass is 9.98. The Morgan fingerprint density at radius 1 is 1.21 bits per heavy atom. The Bertz CT molecular complexity index is 981. The number of aromatic nitrogens is 3. The first-order valence-electron chi connectivity index (χ1n) is 10.3. The van der Waals surface area contributed by atoms with Gasteiger partial charge >= 0.3 is 0 Å². The molecule has 0 amide bonds. The Hall–Kier alpha value is -2.57. The summed E-state index contributed by atoms with van der Waals surface area (Å²) in [6.45, 7) is 9.22. The molecule has 1 fully saturated rings. The maximum atomic E-state index is 12.9. The summed E-state index contributed by atoms with van der Waals surface area (Å²) in [5, 5.41) is 11.6. The average Bonchev–Trinajstić information content (AvgIpc) is 3.15. The van der Waals surface area contributed by atoms with Gasteiger partial charge in [-0.2, -0.15) is 5.10 Å². The lowest BCUT2D eigenvalue weighted by Crippen LogP contribution is -2.50. The monoisotopic (exact) mass is 391 g/mol. The molecule has 0 unspecified atom stereocenters. The van der Waals surface area contributed by atoms with Crippen molar-refractivity contribution < 1.29 is 4.79 Å². The number of nitrogens with zero attached hydrogens (tertiary/aromatic N) is 3. The van der Waals surface area contributed by atoms with Crippen molar-refractivity contribution in [2.45, 2.75) is 45.2 Å². The number of piperidine rings is 1. The van der Waals surface area contributed by atoms with E-state index in [-0.39, 0.29) is 11.3 Å². The molecule has 1 aliphatic rings. The molecule has 0 aliphatic carbocycles. The van der Waals surface area contributed by atoms with Crippen LogP contribution in [0.25, 0.3) is 22.0 Å². The second kappa shape index (κ2) is 8.05. The fourth-order valence-electron chi connectivity index (χ4n) is 4.01. The maximum Gasteiger partial charge on any atom is 0.197 e. The van der Waals surface area contributed by atoms with E-state index < -0.39 is 0 Å². The minimum atomic E-state index is 0.0258. The molecule has 2 N–H and O–H groups in total. The Labute approximate surface area is 171 Å². The zero-order valence-corrected chi connectivity index (χ0v) is 17.4. The number of fused-ring (bicyclic) bond motifs is 1. The van der Waals surface area contributed by atoms with E-state index in [9.17, 15) is 4.79 Å². The van der Waals surface area contributed by atoms with E-state index in [1.807, 2.05) is 36.5 Å². The second-order valence-electron chi connectivity index (χ2n) is 8.81. The molecule has 0 radical (unpaired) electrons. The topological polar surface area (TPSA) is 73.9 Å². The number of likely N-dealkylation sites (tertiary alicyclic amines) is 1. The first kappa shape index (κ1) is 19.7. The highest BCUT2D eigenvalue weighted by molar-refractivity contribution is 6.07. The van der Waals surface area contributed by atoms with E-state index in [0.29, 0.717) is 18.3 Å². The van der Waals surface area contributed by atoms with E-state index in [0.717, 1.165) is 48.0 Å². The van der Waals surface area contributed by atoms with Gasteiger partial charge in [0.15, 0.2) is 5.78 Å². The normalized spacial score (nSPS) is 16.4. The quantitative estimate of drug-likeness (QED) is 0.649. The van der Waals surface area contributed by atoms with Crippen molar-refractivity contribution >= 4 is 16.7 Å². The van der Waals surface area contributed by atoms with Crippen LogP contribution >= 0.6 is 0 Å². The van der Waals surface area contributed by atoms with Gasteiger partial charge in [-0.25, -0.2) is 0 Å². The number of carbonyl (C=O) groups is 1. The van der Waals surface area contributed by atoms with E-state index in [4.69, 9.17) is 0 Å². The van der Waals surface area contributed by atoms with E-state index >= 15 is 0 Å². The number of hydrogen-bond acceptors (Lipinski definition) is 5. The fraction of sp³-hybridized carbons (Fsp3) is 0.435. The largest absolute Gasteiger partial charge is 0.307 e. The summed E-state index contributed by atoms with van der Waals surface area (Å²) in [6.07, 6.45) is 5.72. The molecule has 0 spiro atoms. The number of carbonyl (C=O) groups excluding carboxylic acids is 1. The number of hydrogen-bond donors (Lipinski definition) is 2. The number of Topliss-reactive ketones (excluding diaryl/α,β-unsaturated/α-hetero) is 1. The van der Waals surface area contributed by atoms with Crippen LogP contribution in [0.1, 0.15) is 44.1 Å². The minimum absolute atomic E-state index is 0.0258. The Balaban J connectivity index is 1.43. The standard InChI is InChI=1S/C23H29N5O/c1-23(2,3)28-11-8-18(9-12-28)25-15-21(29)22-19-13-16(6-7-20(19)26-27-22)17-5-4-10-24-14-17/h4-7,10,13-14,18,25H,8-9,11-12,15H2,1-3H3,(H,26,27). The molecule has 6 heteroatoms. The van der Waals surface area contributed by atoms with Crippen molar-refractivity contribution in [1.82, 2.24) is 25.4 Å². The van der Waals surface area contributed by atoms with Crippen LogP contribution in [-0.4, -0.2) is 57.1 Å². The minimum Gasteiger partial charge on any atom is -0.307 e. The van der Waals surface area contributed by atoms with Crippen LogP contribution in [0.3, 0.4) is 0 Å². The average molecular weight is 392 g/mol. The van der Waals surface area contributed by atoms with Crippen molar-refractivity contribution in [1.29, 1.82) is 0 Å². The zero-order chi connectivity index (χ0) is 20.4. The number of ketones is 1. The summed E-state index contributed by atoms with van der Waals surface area (Å²) in [4.78, 5) is 19.6. The molecule has 6 nitrogen and oxygen atoms in total. The van der Waals surface area contributed by atoms with Gasteiger partial charge in [0.25, 0.3) is 0 Å². The summed E-state index contributed by atoms with van der Waals surface area (Å²) < 4.78 is 0. The van der Waals surface area contributed by atoms with Crippen LogP contribution in [-0.2, 0) is 0 Å². The smallest absolute Gasteiger partial charge is 0.197 e. The van der Waals surface area contributed by atoms with Crippen LogP contribution in [0.15, 0.2) is 42.7 Å². The molecule has 0 atom stereocenters. The lowest BCUT2D eigenvalue weighted by Gasteiger charge is -2.41. The van der Waals surface area contributed by atoms with Crippen molar-refractivity contribution in [3.05, 3.63) is 48.4 Å². The Morgan fingerprint density at radius 2 is 2.00 bits per heavy atom. The summed E-state index contributed by atoms with van der Waals surface area (Å²) >= 11 is 0. The Kier molecular flexibility index (Phi) is 5.48. The van der Waals surface area contributed by atoms with E-state index in [1.165, 1.54) is 0 Å². The van der Waals surface area contributed by atoms with Gasteiger partial charge in [0.2, 0.25) is 0 Å². The Morgan fingerprint density at radius 3 is 2.69 bits per heavy atom. The van der Waals surface area contributed by atoms with Gasteiger partial charge in [-0.1, -0.05) is 12.1 Å². The van der Waals surface area contributed by atoms with Gasteiger partial charge in [0, 0.05) is 48.0 Å². The van der Waals surface area contributed by atoms with Gasteiger partial charge in [0.1, 0.15) is 5.69 Å². The van der Waals surface area contributed by atoms with Crippen LogP contribution in [0.5, 0.6) is 0 Å². The van der Waals surface area contributed by atoms with Crippen LogP contribution < -0.4 is 5.32 Å². The number of H-pyrrole nitrogens is 1. The summed E-state index contributed by atoms with van der Waals surface area (Å²) in [5.74, 6) is 0.0258. The summed E-state index contributed by atoms with van der Waals surface area (Å²) in [7, 11) is 0. The molecule has 3 aromatic rings. The third-order valence-electron chi connectivity index (χ3n) is 5.82. The SMILES string of the molecule is CC(C)(C)N1CCC(NCC(=O)c2n[nH]c3ccc(-c4cccnc4)cc23)CC1. The van der Waals surface area contributed by atoms with Gasteiger partial charge in [-0.15, -0.1) is 0 Å². The van der Waals surface area contributed by atoms with Gasteiger partial charge in [0.05, 0.1) is 12.1 Å². The fourth-order valence-corrected chi connectivity index (χ4v) is 4.01. The highest BCUT2D eigenvalue weighted by atomic mass is 16.1. The first-order chi connectivity index (χ1) is 13.9. The number of pyridine rings is 1. The number of benzene rings is 1. The van der Waals surface area contributed by atoms with Crippen LogP contribution in [0.4, 0.5) is 0 Å². The van der Waals surface area contributed by atoms with Crippen LogP contribution in [0, 0.1) is 0 Å². The first-order valence-corrected chi connectivity index (χ1v) is 10.3. The molecule has 3 heterocycles. The van der Waals surface area contributed by atoms with Crippen molar-refractivity contribution in [3.8, 4) is 11.1 Å². The van der Waals surface area contributed by atoms with Crippen molar-refractivity contribution in [2.75, 3.05) is 19.6 Å². The number of nitrogens with one attached hydrogen (secondary N) is 2. The molecule has 1 saturated heterocycles. The molecule has 1 aromatic carbocycles. The molecule has 1 aliphatic heterocycles. The molecule has 4 rings (SSSR count). The van der Waals surface area contributed by atoms with Gasteiger partial charge in [-0.3, -0.25) is 19.8 Å².